The lowest BCUT2D eigenvalue weighted by Crippen LogP contribution is -1.91. The average molecular weight is 200 g/mol. The Hall–Kier alpha value is -1.00. The van der Waals surface area contributed by atoms with Gasteiger partial charge in [-0.2, -0.15) is 0 Å². The number of aromatic nitrogens is 2. The Morgan fingerprint density at radius 1 is 1.25 bits per heavy atom. The van der Waals surface area contributed by atoms with Crippen molar-refractivity contribution in [2.75, 3.05) is 0 Å². The molecule has 0 radical (unpaired) electrons. The van der Waals surface area contributed by atoms with Crippen LogP contribution in [0.25, 0.3) is 0 Å². The Labute approximate surface area is 69.8 Å². The molecule has 1 aromatic rings. The third-order valence-corrected chi connectivity index (χ3v) is 0.406. The van der Waals surface area contributed by atoms with Crippen molar-refractivity contribution in [2.24, 2.45) is 0 Å². The second-order valence-electron chi connectivity index (χ2n) is 1.17. The first-order valence-corrected chi connectivity index (χ1v) is 3.43. The van der Waals surface area contributed by atoms with Crippen molar-refractivity contribution in [3.8, 4) is 0 Å². The summed E-state index contributed by atoms with van der Waals surface area (Å²) in [5.74, 6) is 0. The van der Waals surface area contributed by atoms with E-state index in [1.807, 2.05) is 0 Å². The largest absolute Gasteiger partial charge is 0.759 e. The number of nitrogens with one attached hydrogen (secondary N) is 1. The molecule has 0 saturated carbocycles. The molecule has 8 nitrogen and oxygen atoms in total. The standard InChI is InChI=1S/C3H4N2.2H3N.H2O4S/c1-2-5-3-4-1;;;1-5(2,3)4/h1-3H,(H,4,5);2*1H3;(H2,1,2,3,4). The molecule has 0 aliphatic rings. The van der Waals surface area contributed by atoms with Gasteiger partial charge in [-0.25, -0.2) is 4.98 Å². The fraction of sp³-hybridized carbons (Fsp3) is 0. The highest BCUT2D eigenvalue weighted by Gasteiger charge is 1.56. The topological polar surface area (TPSA) is 182 Å². The second kappa shape index (κ2) is 8.10. The number of hydrogen-bond acceptors (Lipinski definition) is 5. The molecule has 9 N–H and O–H groups in total. The zero-order chi connectivity index (χ0) is 8.04. The van der Waals surface area contributed by atoms with E-state index in [9.17, 15) is 0 Å². The van der Waals surface area contributed by atoms with Crippen LogP contribution in [-0.4, -0.2) is 27.5 Å². The predicted octanol–water partition coefficient (Wildman–Crippen LogP) is -0.176. The first-order valence-electron chi connectivity index (χ1n) is 2.09. The summed E-state index contributed by atoms with van der Waals surface area (Å²) < 4.78 is 34.1. The number of imidazole rings is 1. The molecule has 0 aliphatic carbocycles. The molecule has 1 rings (SSSR count). The fourth-order valence-electron chi connectivity index (χ4n) is 0.215. The maximum Gasteiger partial charge on any atom is 0.0919 e. The van der Waals surface area contributed by atoms with Crippen molar-refractivity contribution in [2.45, 2.75) is 0 Å². The molecule has 9 heteroatoms. The molecule has 74 valence electrons. The summed E-state index contributed by atoms with van der Waals surface area (Å²) in [6.07, 6.45) is 5.08. The van der Waals surface area contributed by atoms with E-state index in [1.165, 1.54) is 0 Å². The minimum Gasteiger partial charge on any atom is -0.759 e. The van der Waals surface area contributed by atoms with Crippen LogP contribution in [-0.2, 0) is 10.4 Å². The zero-order valence-corrected chi connectivity index (χ0v) is 7.54. The molecule has 0 atom stereocenters. The van der Waals surface area contributed by atoms with Crippen LogP contribution in [0.2, 0.25) is 0 Å². The van der Waals surface area contributed by atoms with Crippen molar-refractivity contribution in [3.05, 3.63) is 18.7 Å². The summed E-state index contributed by atoms with van der Waals surface area (Å²) in [4.78, 5) is 6.42. The minimum atomic E-state index is -5.17. The number of quaternary nitrogens is 2. The van der Waals surface area contributed by atoms with E-state index in [0.29, 0.717) is 0 Å². The lowest BCUT2D eigenvalue weighted by Gasteiger charge is -2.06. The van der Waals surface area contributed by atoms with E-state index in [1.54, 1.807) is 18.7 Å². The third kappa shape index (κ3) is 36.0. The molecule has 0 fully saturated rings. The highest BCUT2D eigenvalue weighted by atomic mass is 32.3. The monoisotopic (exact) mass is 200 g/mol. The van der Waals surface area contributed by atoms with Crippen LogP contribution in [0.1, 0.15) is 0 Å². The smallest absolute Gasteiger partial charge is 0.0919 e. The van der Waals surface area contributed by atoms with Gasteiger partial charge in [0, 0.05) is 22.8 Å². The van der Waals surface area contributed by atoms with Crippen molar-refractivity contribution in [3.63, 3.8) is 0 Å². The van der Waals surface area contributed by atoms with Crippen LogP contribution >= 0.6 is 0 Å². The number of H-pyrrole nitrogens is 1. The highest BCUT2D eigenvalue weighted by molar-refractivity contribution is 7.79. The van der Waals surface area contributed by atoms with E-state index in [0.717, 1.165) is 0 Å². The van der Waals surface area contributed by atoms with E-state index in [-0.39, 0.29) is 12.3 Å². The second-order valence-corrected chi connectivity index (χ2v) is 1.99. The van der Waals surface area contributed by atoms with Crippen molar-refractivity contribution >= 4 is 10.4 Å². The Balaban J connectivity index is -0.000000116. The molecule has 1 heterocycles. The third-order valence-electron chi connectivity index (χ3n) is 0.406. The molecular weight excluding hydrogens is 188 g/mol. The van der Waals surface area contributed by atoms with Gasteiger partial charge in [-0.1, -0.05) is 0 Å². The number of rotatable bonds is 0. The van der Waals surface area contributed by atoms with Crippen LogP contribution in [0.15, 0.2) is 18.7 Å². The molecule has 0 bridgehead atoms. The summed E-state index contributed by atoms with van der Waals surface area (Å²) in [6, 6.07) is 0. The molecule has 12 heavy (non-hydrogen) atoms. The lowest BCUT2D eigenvalue weighted by atomic mass is 11.0. The zero-order valence-electron chi connectivity index (χ0n) is 6.72. The normalized spacial score (nSPS) is 8.17. The summed E-state index contributed by atoms with van der Waals surface area (Å²) in [6.45, 7) is 0. The highest BCUT2D eigenvalue weighted by Crippen LogP contribution is 1.62. The van der Waals surface area contributed by atoms with Gasteiger partial charge >= 0.3 is 0 Å². The minimum absolute atomic E-state index is 0. The quantitative estimate of drug-likeness (QED) is 0.387. The van der Waals surface area contributed by atoms with Crippen LogP contribution in [0.3, 0.4) is 0 Å². The first-order chi connectivity index (χ1) is 4.50. The van der Waals surface area contributed by atoms with E-state index < -0.39 is 10.4 Å². The summed E-state index contributed by atoms with van der Waals surface area (Å²) in [5.41, 5.74) is 0. The Bertz CT molecular complexity index is 218. The van der Waals surface area contributed by atoms with Gasteiger partial charge in [0.15, 0.2) is 0 Å². The summed E-state index contributed by atoms with van der Waals surface area (Å²) >= 11 is 0. The Morgan fingerprint density at radius 3 is 1.75 bits per heavy atom. The molecule has 0 aliphatic heterocycles. The van der Waals surface area contributed by atoms with Gasteiger partial charge in [-0.15, -0.1) is 0 Å². The van der Waals surface area contributed by atoms with Gasteiger partial charge in [0.25, 0.3) is 0 Å². The molecule has 0 amide bonds. The molecule has 0 aromatic carbocycles. The van der Waals surface area contributed by atoms with Gasteiger partial charge < -0.3 is 26.4 Å². The van der Waals surface area contributed by atoms with Crippen molar-refractivity contribution in [1.29, 1.82) is 0 Å². The Morgan fingerprint density at radius 2 is 1.67 bits per heavy atom. The molecular formula is C3H12N4O4S. The van der Waals surface area contributed by atoms with Gasteiger partial charge in [-0.05, 0) is 0 Å². The molecule has 0 unspecified atom stereocenters. The predicted molar refractivity (Wildman–Crippen MR) is 41.0 cm³/mol. The summed E-state index contributed by atoms with van der Waals surface area (Å²) in [7, 11) is -5.17. The number of nitrogens with zero attached hydrogens (tertiary/aromatic N) is 1. The van der Waals surface area contributed by atoms with Crippen molar-refractivity contribution < 1.29 is 17.5 Å². The molecule has 0 spiro atoms. The van der Waals surface area contributed by atoms with Gasteiger partial charge in [0.2, 0.25) is 0 Å². The van der Waals surface area contributed by atoms with Crippen LogP contribution in [0, 0.1) is 0 Å². The fourth-order valence-corrected chi connectivity index (χ4v) is 0.215. The Kier molecular flexibility index (Phi) is 11.6. The number of hydrogen-bond donors (Lipinski definition) is 3. The van der Waals surface area contributed by atoms with Gasteiger partial charge in [-0.3, -0.25) is 8.42 Å². The molecule has 1 aromatic heterocycles. The van der Waals surface area contributed by atoms with Gasteiger partial charge in [0.05, 0.1) is 6.33 Å². The van der Waals surface area contributed by atoms with E-state index in [2.05, 4.69) is 9.97 Å². The van der Waals surface area contributed by atoms with Crippen LogP contribution < -0.4 is 12.3 Å². The SMILES string of the molecule is O=S(=O)([O-])[O-].[NH4+].[NH4+].c1c[nH]cn1. The first kappa shape index (κ1) is 17.2. The van der Waals surface area contributed by atoms with Crippen LogP contribution in [0.4, 0.5) is 0 Å². The number of aromatic amines is 1. The maximum absolute atomic E-state index is 8.52. The van der Waals surface area contributed by atoms with E-state index in [4.69, 9.17) is 17.5 Å². The van der Waals surface area contributed by atoms with Crippen molar-refractivity contribution in [1.82, 2.24) is 22.3 Å². The lowest BCUT2D eigenvalue weighted by molar-refractivity contribution is 0.352. The van der Waals surface area contributed by atoms with Crippen LogP contribution in [0.5, 0.6) is 0 Å². The van der Waals surface area contributed by atoms with E-state index >= 15 is 0 Å². The average Bonchev–Trinajstić information content (AvgIpc) is 2.07. The summed E-state index contributed by atoms with van der Waals surface area (Å²) in [5, 5.41) is 0. The van der Waals surface area contributed by atoms with Gasteiger partial charge in [0.1, 0.15) is 0 Å². The molecule has 0 saturated heterocycles. The maximum atomic E-state index is 8.52.